The molecule has 0 fully saturated rings. The number of hydrogen-bond donors (Lipinski definition) is 2. The Morgan fingerprint density at radius 1 is 0.875 bits per heavy atom. The molecule has 0 radical (unpaired) electrons. The summed E-state index contributed by atoms with van der Waals surface area (Å²) in [7, 11) is 0. The van der Waals surface area contributed by atoms with E-state index in [9.17, 15) is 19.8 Å². The van der Waals surface area contributed by atoms with Gasteiger partial charge in [0.05, 0.1) is 0 Å². The SMILES string of the molecule is CCCC(Oc1ccccc1C(=O)O)Oc1ccccc1C(=O)O. The number of aromatic carboxylic acids is 2. The van der Waals surface area contributed by atoms with Gasteiger partial charge in [-0.25, -0.2) is 9.59 Å². The molecule has 0 saturated heterocycles. The molecule has 2 rings (SSSR count). The van der Waals surface area contributed by atoms with Crippen LogP contribution in [0.2, 0.25) is 0 Å². The Morgan fingerprint density at radius 3 is 1.67 bits per heavy atom. The third-order valence-corrected chi connectivity index (χ3v) is 3.28. The zero-order valence-electron chi connectivity index (χ0n) is 13.1. The summed E-state index contributed by atoms with van der Waals surface area (Å²) in [4.78, 5) is 22.5. The molecule has 0 aliphatic rings. The lowest BCUT2D eigenvalue weighted by Crippen LogP contribution is -2.25. The molecular formula is C18H18O6. The second-order valence-electron chi connectivity index (χ2n) is 5.06. The number of carboxylic acid groups (broad SMARTS) is 2. The fourth-order valence-electron chi connectivity index (χ4n) is 2.15. The van der Waals surface area contributed by atoms with E-state index in [4.69, 9.17) is 9.47 Å². The maximum absolute atomic E-state index is 11.3. The Kier molecular flexibility index (Phi) is 5.78. The molecule has 6 nitrogen and oxygen atoms in total. The first-order valence-electron chi connectivity index (χ1n) is 7.51. The van der Waals surface area contributed by atoms with Crippen LogP contribution in [-0.4, -0.2) is 28.4 Å². The van der Waals surface area contributed by atoms with Crippen molar-refractivity contribution < 1.29 is 29.3 Å². The maximum atomic E-state index is 11.3. The number of benzene rings is 2. The van der Waals surface area contributed by atoms with Gasteiger partial charge in [0.2, 0.25) is 6.29 Å². The summed E-state index contributed by atoms with van der Waals surface area (Å²) in [5.41, 5.74) is 0.0439. The van der Waals surface area contributed by atoms with Gasteiger partial charge in [-0.15, -0.1) is 0 Å². The molecule has 2 aromatic carbocycles. The predicted octanol–water partition coefficient (Wildman–Crippen LogP) is 3.67. The highest BCUT2D eigenvalue weighted by molar-refractivity contribution is 5.91. The van der Waals surface area contributed by atoms with Crippen molar-refractivity contribution in [3.63, 3.8) is 0 Å². The fraction of sp³-hybridized carbons (Fsp3) is 0.222. The topological polar surface area (TPSA) is 93.1 Å². The molecule has 6 heteroatoms. The van der Waals surface area contributed by atoms with Crippen LogP contribution in [-0.2, 0) is 0 Å². The van der Waals surface area contributed by atoms with Crippen LogP contribution in [0, 0.1) is 0 Å². The minimum atomic E-state index is -1.10. The van der Waals surface area contributed by atoms with Gasteiger partial charge < -0.3 is 19.7 Å². The van der Waals surface area contributed by atoms with Crippen LogP contribution in [0.3, 0.4) is 0 Å². The molecule has 0 saturated carbocycles. The molecular weight excluding hydrogens is 312 g/mol. The lowest BCUT2D eigenvalue weighted by molar-refractivity contribution is -0.00277. The van der Waals surface area contributed by atoms with Gasteiger partial charge in [0, 0.05) is 6.42 Å². The van der Waals surface area contributed by atoms with Gasteiger partial charge in [-0.2, -0.15) is 0 Å². The molecule has 2 N–H and O–H groups in total. The lowest BCUT2D eigenvalue weighted by Gasteiger charge is -2.21. The van der Waals surface area contributed by atoms with E-state index < -0.39 is 18.2 Å². The normalized spacial score (nSPS) is 10.4. The van der Waals surface area contributed by atoms with Gasteiger partial charge in [-0.3, -0.25) is 0 Å². The Balaban J connectivity index is 2.25. The summed E-state index contributed by atoms with van der Waals surface area (Å²) in [6.45, 7) is 1.92. The van der Waals surface area contributed by atoms with Gasteiger partial charge in [0.1, 0.15) is 22.6 Å². The number of carboxylic acids is 2. The standard InChI is InChI=1S/C18H18O6/c1-2-7-16(23-14-10-5-3-8-12(14)17(19)20)24-15-11-6-4-9-13(15)18(21)22/h3-6,8-11,16H,2,7H2,1H3,(H,19,20)(H,21,22). The van der Waals surface area contributed by atoms with Crippen molar-refractivity contribution in [2.24, 2.45) is 0 Å². The van der Waals surface area contributed by atoms with Crippen molar-refractivity contribution in [2.45, 2.75) is 26.1 Å². The van der Waals surface area contributed by atoms with E-state index in [1.54, 1.807) is 36.4 Å². The van der Waals surface area contributed by atoms with Crippen LogP contribution in [0.5, 0.6) is 11.5 Å². The van der Waals surface area contributed by atoms with Crippen LogP contribution < -0.4 is 9.47 Å². The zero-order chi connectivity index (χ0) is 17.5. The van der Waals surface area contributed by atoms with E-state index in [-0.39, 0.29) is 22.6 Å². The van der Waals surface area contributed by atoms with Crippen LogP contribution in [0.25, 0.3) is 0 Å². The number of ether oxygens (including phenoxy) is 2. The molecule has 0 heterocycles. The molecule has 126 valence electrons. The molecule has 0 unspecified atom stereocenters. The second-order valence-corrected chi connectivity index (χ2v) is 5.06. The number of rotatable bonds is 8. The Labute approximate surface area is 139 Å². The smallest absolute Gasteiger partial charge is 0.339 e. The number of hydrogen-bond acceptors (Lipinski definition) is 4. The molecule has 2 aromatic rings. The van der Waals surface area contributed by atoms with E-state index >= 15 is 0 Å². The molecule has 0 bridgehead atoms. The zero-order valence-corrected chi connectivity index (χ0v) is 13.1. The fourth-order valence-corrected chi connectivity index (χ4v) is 2.15. The summed E-state index contributed by atoms with van der Waals surface area (Å²) >= 11 is 0. The highest BCUT2D eigenvalue weighted by Gasteiger charge is 2.19. The molecule has 0 aliphatic heterocycles. The van der Waals surface area contributed by atoms with E-state index in [1.807, 2.05) is 6.92 Å². The van der Waals surface area contributed by atoms with Crippen LogP contribution in [0.4, 0.5) is 0 Å². The Bertz CT molecular complexity index is 665. The highest BCUT2D eigenvalue weighted by Crippen LogP contribution is 2.24. The molecule has 0 atom stereocenters. The van der Waals surface area contributed by atoms with Gasteiger partial charge in [-0.1, -0.05) is 31.2 Å². The Morgan fingerprint density at radius 2 is 1.29 bits per heavy atom. The largest absolute Gasteiger partial charge is 0.478 e. The minimum Gasteiger partial charge on any atom is -0.478 e. The minimum absolute atomic E-state index is 0.0220. The average Bonchev–Trinajstić information content (AvgIpc) is 2.55. The summed E-state index contributed by atoms with van der Waals surface area (Å²) in [6, 6.07) is 12.5. The van der Waals surface area contributed by atoms with Gasteiger partial charge >= 0.3 is 11.9 Å². The first-order valence-corrected chi connectivity index (χ1v) is 7.51. The lowest BCUT2D eigenvalue weighted by atomic mass is 10.2. The summed E-state index contributed by atoms with van der Waals surface area (Å²) in [5, 5.41) is 18.4. The third kappa shape index (κ3) is 4.25. The molecule has 0 aromatic heterocycles. The molecule has 0 amide bonds. The third-order valence-electron chi connectivity index (χ3n) is 3.28. The predicted molar refractivity (Wildman–Crippen MR) is 86.8 cm³/mol. The maximum Gasteiger partial charge on any atom is 0.339 e. The van der Waals surface area contributed by atoms with Crippen molar-refractivity contribution in [3.8, 4) is 11.5 Å². The van der Waals surface area contributed by atoms with Crippen molar-refractivity contribution >= 4 is 11.9 Å². The van der Waals surface area contributed by atoms with E-state index in [0.29, 0.717) is 6.42 Å². The van der Waals surface area contributed by atoms with Crippen LogP contribution in [0.1, 0.15) is 40.5 Å². The van der Waals surface area contributed by atoms with Crippen molar-refractivity contribution in [2.75, 3.05) is 0 Å². The summed E-state index contributed by atoms with van der Waals surface area (Å²) < 4.78 is 11.4. The number of carbonyl (C=O) groups is 2. The highest BCUT2D eigenvalue weighted by atomic mass is 16.7. The van der Waals surface area contributed by atoms with Crippen LogP contribution >= 0.6 is 0 Å². The van der Waals surface area contributed by atoms with Gasteiger partial charge in [0.25, 0.3) is 0 Å². The second kappa shape index (κ2) is 8.01. The molecule has 0 aliphatic carbocycles. The quantitative estimate of drug-likeness (QED) is 0.717. The molecule has 24 heavy (non-hydrogen) atoms. The van der Waals surface area contributed by atoms with E-state index in [1.165, 1.54) is 12.1 Å². The summed E-state index contributed by atoms with van der Waals surface area (Å²) in [5.74, 6) is -1.86. The average molecular weight is 330 g/mol. The first-order chi connectivity index (χ1) is 11.5. The van der Waals surface area contributed by atoms with E-state index in [2.05, 4.69) is 0 Å². The van der Waals surface area contributed by atoms with Gasteiger partial charge in [-0.05, 0) is 30.7 Å². The van der Waals surface area contributed by atoms with Crippen molar-refractivity contribution in [1.29, 1.82) is 0 Å². The van der Waals surface area contributed by atoms with Crippen LogP contribution in [0.15, 0.2) is 48.5 Å². The molecule has 0 spiro atoms. The van der Waals surface area contributed by atoms with E-state index in [0.717, 1.165) is 6.42 Å². The van der Waals surface area contributed by atoms with Crippen molar-refractivity contribution in [3.05, 3.63) is 59.7 Å². The number of para-hydroxylation sites is 2. The van der Waals surface area contributed by atoms with Crippen molar-refractivity contribution in [1.82, 2.24) is 0 Å². The first kappa shape index (κ1) is 17.3. The van der Waals surface area contributed by atoms with Gasteiger partial charge in [0.15, 0.2) is 0 Å². The monoisotopic (exact) mass is 330 g/mol. The summed E-state index contributed by atoms with van der Waals surface area (Å²) in [6.07, 6.45) is 0.396. The Hall–Kier alpha value is -3.02.